The number of amides is 2. The van der Waals surface area contributed by atoms with Gasteiger partial charge in [-0.1, -0.05) is 24.9 Å². The summed E-state index contributed by atoms with van der Waals surface area (Å²) in [5, 5.41) is 6.64. The number of hydrogen-bond acceptors (Lipinski definition) is 5. The Morgan fingerprint density at radius 1 is 1.48 bits per heavy atom. The Morgan fingerprint density at radius 3 is 2.70 bits per heavy atom. The lowest BCUT2D eigenvalue weighted by Crippen LogP contribution is -2.49. The third-order valence-corrected chi connectivity index (χ3v) is 4.39. The summed E-state index contributed by atoms with van der Waals surface area (Å²) in [5.74, 6) is 0.731. The average molecular weight is 322 g/mol. The molecule has 1 unspecified atom stereocenters. The van der Waals surface area contributed by atoms with Gasteiger partial charge >= 0.3 is 0 Å². The molecular weight excluding hydrogens is 296 g/mol. The summed E-state index contributed by atoms with van der Waals surface area (Å²) in [5.41, 5.74) is 5.38. The summed E-state index contributed by atoms with van der Waals surface area (Å²) in [7, 11) is 0. The van der Waals surface area contributed by atoms with Crippen LogP contribution >= 0.6 is 0 Å². The van der Waals surface area contributed by atoms with E-state index in [4.69, 9.17) is 10.3 Å². The number of aryl methyl sites for hydroxylation is 1. The molecule has 0 spiro atoms. The highest BCUT2D eigenvalue weighted by molar-refractivity contribution is 5.94. The van der Waals surface area contributed by atoms with Gasteiger partial charge in [-0.05, 0) is 39.3 Å². The number of carbonyl (C=O) groups is 2. The molecule has 1 aromatic rings. The second-order valence-electron chi connectivity index (χ2n) is 6.18. The number of likely N-dealkylation sites (tertiary alicyclic amines) is 1. The maximum atomic E-state index is 12.6. The summed E-state index contributed by atoms with van der Waals surface area (Å²) in [6.45, 7) is 5.32. The van der Waals surface area contributed by atoms with Gasteiger partial charge in [-0.15, -0.1) is 0 Å². The molecule has 0 saturated carbocycles. The van der Waals surface area contributed by atoms with Gasteiger partial charge in [-0.25, -0.2) is 0 Å². The fourth-order valence-corrected chi connectivity index (χ4v) is 3.01. The van der Waals surface area contributed by atoms with Crippen molar-refractivity contribution in [3.05, 3.63) is 11.8 Å². The maximum Gasteiger partial charge on any atom is 0.242 e. The Balaban J connectivity index is 1.98. The molecule has 2 rings (SSSR count). The van der Waals surface area contributed by atoms with Gasteiger partial charge in [0, 0.05) is 12.0 Å². The van der Waals surface area contributed by atoms with Crippen LogP contribution in [-0.4, -0.2) is 41.0 Å². The fraction of sp³-hybridized carbons (Fsp3) is 0.688. The molecule has 128 valence electrons. The van der Waals surface area contributed by atoms with Crippen LogP contribution in [0, 0.1) is 12.8 Å². The minimum absolute atomic E-state index is 0.0655. The normalized spacial score (nSPS) is 17.8. The zero-order valence-electron chi connectivity index (χ0n) is 13.9. The van der Waals surface area contributed by atoms with E-state index < -0.39 is 0 Å². The molecule has 2 heterocycles. The number of anilines is 1. The number of carbonyl (C=O) groups excluding carboxylic acids is 2. The fourth-order valence-electron chi connectivity index (χ4n) is 3.01. The van der Waals surface area contributed by atoms with Crippen molar-refractivity contribution >= 4 is 17.6 Å². The lowest BCUT2D eigenvalue weighted by Gasteiger charge is -2.35. The monoisotopic (exact) mass is 322 g/mol. The number of piperidine rings is 1. The first kappa shape index (κ1) is 17.5. The molecule has 1 aromatic heterocycles. The van der Waals surface area contributed by atoms with Crippen LogP contribution in [0.5, 0.6) is 0 Å². The molecule has 0 bridgehead atoms. The predicted octanol–water partition coefficient (Wildman–Crippen LogP) is 1.68. The van der Waals surface area contributed by atoms with Crippen LogP contribution in [0.25, 0.3) is 0 Å². The summed E-state index contributed by atoms with van der Waals surface area (Å²) in [6.07, 6.45) is 4.24. The van der Waals surface area contributed by atoms with Crippen LogP contribution in [0.4, 0.5) is 5.82 Å². The van der Waals surface area contributed by atoms with Gasteiger partial charge in [-0.2, -0.15) is 0 Å². The van der Waals surface area contributed by atoms with Gasteiger partial charge in [0.05, 0.1) is 6.04 Å². The predicted molar refractivity (Wildman–Crippen MR) is 86.7 cm³/mol. The minimum Gasteiger partial charge on any atom is -0.369 e. The summed E-state index contributed by atoms with van der Waals surface area (Å²) in [6, 6.07) is 1.49. The molecule has 1 aliphatic rings. The van der Waals surface area contributed by atoms with Crippen molar-refractivity contribution in [2.24, 2.45) is 11.7 Å². The van der Waals surface area contributed by atoms with Crippen molar-refractivity contribution in [2.45, 2.75) is 52.0 Å². The van der Waals surface area contributed by atoms with Crippen molar-refractivity contribution in [3.8, 4) is 0 Å². The van der Waals surface area contributed by atoms with Crippen molar-refractivity contribution in [3.63, 3.8) is 0 Å². The molecule has 7 nitrogen and oxygen atoms in total. The summed E-state index contributed by atoms with van der Waals surface area (Å²) < 4.78 is 4.98. The number of primary amides is 1. The molecule has 23 heavy (non-hydrogen) atoms. The number of aromatic nitrogens is 1. The molecular formula is C16H26N4O3. The SMILES string of the molecule is CCCCC(C(=O)Nc1cc(C)on1)N1CCC(C(N)=O)CC1. The topological polar surface area (TPSA) is 101 Å². The number of nitrogens with two attached hydrogens (primary N) is 1. The van der Waals surface area contributed by atoms with Crippen LogP contribution in [0.2, 0.25) is 0 Å². The average Bonchev–Trinajstić information content (AvgIpc) is 2.93. The first-order chi connectivity index (χ1) is 11.0. The van der Waals surface area contributed by atoms with E-state index in [-0.39, 0.29) is 23.8 Å². The number of hydrogen-bond donors (Lipinski definition) is 2. The standard InChI is InChI=1S/C16H26N4O3/c1-3-4-5-13(16(22)18-14-10-11(2)23-19-14)20-8-6-12(7-9-20)15(17)21/h10,12-13H,3-9H2,1-2H3,(H2,17,21)(H,18,19,22). The van der Waals surface area contributed by atoms with Crippen molar-refractivity contribution in [1.82, 2.24) is 10.1 Å². The Kier molecular flexibility index (Phi) is 6.15. The molecule has 0 aliphatic carbocycles. The highest BCUT2D eigenvalue weighted by Gasteiger charge is 2.31. The molecule has 0 aromatic carbocycles. The zero-order chi connectivity index (χ0) is 16.8. The lowest BCUT2D eigenvalue weighted by atomic mass is 9.94. The number of nitrogens with zero attached hydrogens (tertiary/aromatic N) is 2. The zero-order valence-corrected chi connectivity index (χ0v) is 13.9. The van der Waals surface area contributed by atoms with E-state index in [1.807, 2.05) is 0 Å². The smallest absolute Gasteiger partial charge is 0.242 e. The van der Waals surface area contributed by atoms with Crippen molar-refractivity contribution in [2.75, 3.05) is 18.4 Å². The van der Waals surface area contributed by atoms with Crippen molar-refractivity contribution < 1.29 is 14.1 Å². The Morgan fingerprint density at radius 2 is 2.17 bits per heavy atom. The molecule has 0 radical (unpaired) electrons. The van der Waals surface area contributed by atoms with E-state index >= 15 is 0 Å². The molecule has 1 aliphatic heterocycles. The Labute approximate surface area is 136 Å². The molecule has 7 heteroatoms. The number of nitrogens with one attached hydrogen (secondary N) is 1. The maximum absolute atomic E-state index is 12.6. The van der Waals surface area contributed by atoms with Gasteiger partial charge in [0.2, 0.25) is 11.8 Å². The van der Waals surface area contributed by atoms with Gasteiger partial charge in [0.1, 0.15) is 5.76 Å². The molecule has 1 saturated heterocycles. The minimum atomic E-state index is -0.239. The Bertz CT molecular complexity index is 535. The second-order valence-corrected chi connectivity index (χ2v) is 6.18. The van der Waals surface area contributed by atoms with Crippen LogP contribution in [0.1, 0.15) is 44.8 Å². The highest BCUT2D eigenvalue weighted by Crippen LogP contribution is 2.22. The first-order valence-electron chi connectivity index (χ1n) is 8.28. The van der Waals surface area contributed by atoms with Crippen LogP contribution in [0.15, 0.2) is 10.6 Å². The molecule has 1 atom stereocenters. The third-order valence-electron chi connectivity index (χ3n) is 4.39. The summed E-state index contributed by atoms with van der Waals surface area (Å²) >= 11 is 0. The molecule has 1 fully saturated rings. The van der Waals surface area contributed by atoms with E-state index in [0.717, 1.165) is 19.3 Å². The molecule has 2 amide bonds. The van der Waals surface area contributed by atoms with Crippen molar-refractivity contribution in [1.29, 1.82) is 0 Å². The van der Waals surface area contributed by atoms with E-state index in [9.17, 15) is 9.59 Å². The molecule has 3 N–H and O–H groups in total. The second kappa shape index (κ2) is 8.10. The van der Waals surface area contributed by atoms with Gasteiger partial charge < -0.3 is 15.6 Å². The Hall–Kier alpha value is -1.89. The quantitative estimate of drug-likeness (QED) is 0.795. The van der Waals surface area contributed by atoms with E-state index in [2.05, 4.69) is 22.3 Å². The van der Waals surface area contributed by atoms with Gasteiger partial charge in [-0.3, -0.25) is 14.5 Å². The lowest BCUT2D eigenvalue weighted by molar-refractivity contribution is -0.125. The number of rotatable bonds is 7. The van der Waals surface area contributed by atoms with Crippen LogP contribution in [0.3, 0.4) is 0 Å². The van der Waals surface area contributed by atoms with Crippen LogP contribution in [-0.2, 0) is 9.59 Å². The van der Waals surface area contributed by atoms with E-state index in [0.29, 0.717) is 37.5 Å². The third kappa shape index (κ3) is 4.79. The van der Waals surface area contributed by atoms with E-state index in [1.54, 1.807) is 13.0 Å². The highest BCUT2D eigenvalue weighted by atomic mass is 16.5. The first-order valence-corrected chi connectivity index (χ1v) is 8.28. The van der Waals surface area contributed by atoms with Crippen LogP contribution < -0.4 is 11.1 Å². The van der Waals surface area contributed by atoms with E-state index in [1.165, 1.54) is 0 Å². The van der Waals surface area contributed by atoms with Gasteiger partial charge in [0.15, 0.2) is 5.82 Å². The van der Waals surface area contributed by atoms with Gasteiger partial charge in [0.25, 0.3) is 0 Å². The number of unbranched alkanes of at least 4 members (excludes halogenated alkanes) is 1. The summed E-state index contributed by atoms with van der Waals surface area (Å²) in [4.78, 5) is 26.1. The largest absolute Gasteiger partial charge is 0.369 e.